The molecule has 0 bridgehead atoms. The Morgan fingerprint density at radius 1 is 1.23 bits per heavy atom. The zero-order chi connectivity index (χ0) is 15.9. The van der Waals surface area contributed by atoms with E-state index in [0.717, 1.165) is 11.3 Å². The third-order valence-corrected chi connectivity index (χ3v) is 3.42. The van der Waals surface area contributed by atoms with Crippen molar-refractivity contribution in [3.8, 4) is 6.07 Å². The van der Waals surface area contributed by atoms with Crippen LogP contribution in [0.1, 0.15) is 17.5 Å². The zero-order valence-electron chi connectivity index (χ0n) is 12.2. The number of carbonyl (C=O) groups excluding carboxylic acids is 1. The summed E-state index contributed by atoms with van der Waals surface area (Å²) in [5.74, 6) is -0.144. The molecule has 0 aromatic heterocycles. The highest BCUT2D eigenvalue weighted by molar-refractivity contribution is 6.30. The van der Waals surface area contributed by atoms with Gasteiger partial charge >= 0.3 is 0 Å². The second-order valence-corrected chi connectivity index (χ2v) is 5.28. The molecule has 0 aliphatic heterocycles. The van der Waals surface area contributed by atoms with Gasteiger partial charge in [-0.05, 0) is 36.8 Å². The van der Waals surface area contributed by atoms with Crippen LogP contribution in [-0.4, -0.2) is 12.5 Å². The Labute approximate surface area is 134 Å². The van der Waals surface area contributed by atoms with Gasteiger partial charge in [0.2, 0.25) is 5.91 Å². The summed E-state index contributed by atoms with van der Waals surface area (Å²) in [5, 5.41) is 15.6. The molecule has 112 valence electrons. The van der Waals surface area contributed by atoms with Crippen LogP contribution in [-0.2, 0) is 4.79 Å². The van der Waals surface area contributed by atoms with Crippen LogP contribution in [0.15, 0.2) is 42.5 Å². The first kappa shape index (κ1) is 15.9. The van der Waals surface area contributed by atoms with E-state index in [4.69, 9.17) is 16.9 Å². The van der Waals surface area contributed by atoms with Gasteiger partial charge in [-0.25, -0.2) is 0 Å². The van der Waals surface area contributed by atoms with Crippen LogP contribution in [0.25, 0.3) is 0 Å². The molecule has 0 aliphatic rings. The van der Waals surface area contributed by atoms with E-state index in [1.807, 2.05) is 25.1 Å². The van der Waals surface area contributed by atoms with E-state index in [9.17, 15) is 4.79 Å². The summed E-state index contributed by atoms with van der Waals surface area (Å²) in [6.07, 6.45) is 0.297. The maximum absolute atomic E-state index is 11.9. The van der Waals surface area contributed by atoms with Crippen LogP contribution in [0.4, 0.5) is 11.4 Å². The maximum Gasteiger partial charge on any atom is 0.226 e. The Bertz CT molecular complexity index is 722. The summed E-state index contributed by atoms with van der Waals surface area (Å²) >= 11 is 5.95. The molecule has 1 amide bonds. The molecular weight excluding hydrogens is 298 g/mol. The minimum atomic E-state index is -0.144. The van der Waals surface area contributed by atoms with Crippen LogP contribution >= 0.6 is 11.6 Å². The van der Waals surface area contributed by atoms with Gasteiger partial charge in [-0.2, -0.15) is 5.26 Å². The molecule has 0 saturated carbocycles. The highest BCUT2D eigenvalue weighted by Gasteiger charge is 2.06. The molecule has 5 heteroatoms. The topological polar surface area (TPSA) is 64.9 Å². The van der Waals surface area contributed by atoms with E-state index in [-0.39, 0.29) is 5.91 Å². The van der Waals surface area contributed by atoms with Gasteiger partial charge in [0.15, 0.2) is 0 Å². The number of hydrogen-bond donors (Lipinski definition) is 2. The molecule has 0 spiro atoms. The summed E-state index contributed by atoms with van der Waals surface area (Å²) in [5.41, 5.74) is 2.97. The largest absolute Gasteiger partial charge is 0.384 e. The number of aryl methyl sites for hydroxylation is 1. The SMILES string of the molecule is Cc1ccc(Cl)cc1NCCC(=O)Nc1ccccc1C#N. The predicted octanol–water partition coefficient (Wildman–Crippen LogP) is 3.96. The van der Waals surface area contributed by atoms with E-state index < -0.39 is 0 Å². The molecule has 0 heterocycles. The molecule has 0 saturated heterocycles. The lowest BCUT2D eigenvalue weighted by Gasteiger charge is -2.10. The molecule has 2 N–H and O–H groups in total. The van der Waals surface area contributed by atoms with Crippen molar-refractivity contribution in [3.63, 3.8) is 0 Å². The minimum Gasteiger partial charge on any atom is -0.384 e. The average molecular weight is 314 g/mol. The van der Waals surface area contributed by atoms with Crippen LogP contribution in [0.3, 0.4) is 0 Å². The lowest BCUT2D eigenvalue weighted by atomic mass is 10.2. The number of rotatable bonds is 5. The van der Waals surface area contributed by atoms with Crippen molar-refractivity contribution in [2.75, 3.05) is 17.2 Å². The highest BCUT2D eigenvalue weighted by atomic mass is 35.5. The van der Waals surface area contributed by atoms with Gasteiger partial charge in [0.1, 0.15) is 6.07 Å². The van der Waals surface area contributed by atoms with Crippen LogP contribution in [0.2, 0.25) is 5.02 Å². The van der Waals surface area contributed by atoms with Gasteiger partial charge in [0.25, 0.3) is 0 Å². The fraction of sp³-hybridized carbons (Fsp3) is 0.176. The van der Waals surface area contributed by atoms with Gasteiger partial charge < -0.3 is 10.6 Å². The predicted molar refractivity (Wildman–Crippen MR) is 89.1 cm³/mol. The molecule has 0 radical (unpaired) electrons. The minimum absolute atomic E-state index is 0.144. The van der Waals surface area contributed by atoms with Crippen LogP contribution < -0.4 is 10.6 Å². The molecule has 2 rings (SSSR count). The summed E-state index contributed by atoms with van der Waals surface area (Å²) in [7, 11) is 0. The maximum atomic E-state index is 11.9. The molecule has 0 aliphatic carbocycles. The van der Waals surface area contributed by atoms with E-state index in [1.54, 1.807) is 24.3 Å². The first-order chi connectivity index (χ1) is 10.6. The summed E-state index contributed by atoms with van der Waals surface area (Å²) < 4.78 is 0. The van der Waals surface area contributed by atoms with Crippen molar-refractivity contribution >= 4 is 28.9 Å². The Kier molecular flexibility index (Phi) is 5.40. The summed E-state index contributed by atoms with van der Waals surface area (Å²) in [6, 6.07) is 14.6. The van der Waals surface area contributed by atoms with Crippen LogP contribution in [0, 0.1) is 18.3 Å². The summed E-state index contributed by atoms with van der Waals surface area (Å²) in [6.45, 7) is 2.46. The highest BCUT2D eigenvalue weighted by Crippen LogP contribution is 2.20. The van der Waals surface area contributed by atoms with E-state index in [2.05, 4.69) is 16.7 Å². The molecule has 0 unspecified atom stereocenters. The molecular formula is C17H16ClN3O. The third-order valence-electron chi connectivity index (χ3n) is 3.19. The number of nitrogens with zero attached hydrogens (tertiary/aromatic N) is 1. The van der Waals surface area contributed by atoms with Gasteiger partial charge in [0, 0.05) is 23.7 Å². The quantitative estimate of drug-likeness (QED) is 0.878. The number of anilines is 2. The smallest absolute Gasteiger partial charge is 0.226 e. The number of amides is 1. The van der Waals surface area contributed by atoms with E-state index in [1.165, 1.54) is 0 Å². The zero-order valence-corrected chi connectivity index (χ0v) is 12.9. The number of nitriles is 1. The number of nitrogens with one attached hydrogen (secondary N) is 2. The lowest BCUT2D eigenvalue weighted by Crippen LogP contribution is -2.17. The molecule has 22 heavy (non-hydrogen) atoms. The van der Waals surface area contributed by atoms with Crippen molar-refractivity contribution < 1.29 is 4.79 Å². The third kappa shape index (κ3) is 4.24. The number of halogens is 1. The Hall–Kier alpha value is -2.51. The average Bonchev–Trinajstić information content (AvgIpc) is 2.51. The van der Waals surface area contributed by atoms with Gasteiger partial charge in [0.05, 0.1) is 11.3 Å². The second-order valence-electron chi connectivity index (χ2n) is 4.84. The van der Waals surface area contributed by atoms with Crippen LogP contribution in [0.5, 0.6) is 0 Å². The van der Waals surface area contributed by atoms with Crippen molar-refractivity contribution in [1.82, 2.24) is 0 Å². The monoisotopic (exact) mass is 313 g/mol. The lowest BCUT2D eigenvalue weighted by molar-refractivity contribution is -0.115. The molecule has 2 aromatic rings. The van der Waals surface area contributed by atoms with E-state index >= 15 is 0 Å². The first-order valence-electron chi connectivity index (χ1n) is 6.89. The van der Waals surface area contributed by atoms with Crippen molar-refractivity contribution in [2.24, 2.45) is 0 Å². The number of para-hydroxylation sites is 1. The Morgan fingerprint density at radius 3 is 2.77 bits per heavy atom. The fourth-order valence-corrected chi connectivity index (χ4v) is 2.17. The second kappa shape index (κ2) is 7.48. The van der Waals surface area contributed by atoms with Crippen molar-refractivity contribution in [3.05, 3.63) is 58.6 Å². The van der Waals surface area contributed by atoms with E-state index in [0.29, 0.717) is 29.2 Å². The number of hydrogen-bond acceptors (Lipinski definition) is 3. The Morgan fingerprint density at radius 2 is 2.00 bits per heavy atom. The molecule has 2 aromatic carbocycles. The standard InChI is InChI=1S/C17H16ClN3O/c1-12-6-7-14(18)10-16(12)20-9-8-17(22)21-15-5-3-2-4-13(15)11-19/h2-7,10,20H,8-9H2,1H3,(H,21,22). The number of carbonyl (C=O) groups is 1. The molecule has 0 fully saturated rings. The number of benzene rings is 2. The van der Waals surface area contributed by atoms with Gasteiger partial charge in [-0.3, -0.25) is 4.79 Å². The van der Waals surface area contributed by atoms with Crippen molar-refractivity contribution in [2.45, 2.75) is 13.3 Å². The summed E-state index contributed by atoms with van der Waals surface area (Å²) in [4.78, 5) is 11.9. The molecule has 4 nitrogen and oxygen atoms in total. The fourth-order valence-electron chi connectivity index (χ4n) is 2.00. The first-order valence-corrected chi connectivity index (χ1v) is 7.27. The van der Waals surface area contributed by atoms with Gasteiger partial charge in [-0.15, -0.1) is 0 Å². The van der Waals surface area contributed by atoms with Crippen molar-refractivity contribution in [1.29, 1.82) is 5.26 Å². The Balaban J connectivity index is 1.88. The molecule has 0 atom stereocenters. The normalized spacial score (nSPS) is 9.86. The van der Waals surface area contributed by atoms with Gasteiger partial charge in [-0.1, -0.05) is 29.8 Å².